The van der Waals surface area contributed by atoms with E-state index in [1.165, 1.54) is 0 Å². The Labute approximate surface area is 156 Å². The molecule has 0 fully saturated rings. The molecule has 0 amide bonds. The summed E-state index contributed by atoms with van der Waals surface area (Å²) >= 11 is 6.01. The minimum atomic E-state index is -0.474. The molecule has 4 nitrogen and oxygen atoms in total. The molecular weight excluding hydrogens is 346 g/mol. The standard InChI is InChI=1S/C21H16ClN3O/c1-21(2)12-18(17-11-14(13-23)3-8-19(17)26-21)25-10-9-24-20(25)15-4-6-16(22)7-5-15/h3-12H,1-2H3. The molecule has 1 aliphatic heterocycles. The van der Waals surface area contributed by atoms with Gasteiger partial charge in [0.05, 0.1) is 17.3 Å². The number of rotatable bonds is 2. The summed E-state index contributed by atoms with van der Waals surface area (Å²) in [6.45, 7) is 4.01. The van der Waals surface area contributed by atoms with Crippen LogP contribution in [0.2, 0.25) is 5.02 Å². The average Bonchev–Trinajstić information content (AvgIpc) is 3.10. The van der Waals surface area contributed by atoms with Crippen LogP contribution in [0.5, 0.6) is 5.75 Å². The third-order valence-corrected chi connectivity index (χ3v) is 4.50. The van der Waals surface area contributed by atoms with Crippen molar-refractivity contribution in [3.8, 4) is 23.2 Å². The van der Waals surface area contributed by atoms with Crippen LogP contribution in [0.15, 0.2) is 60.9 Å². The number of ether oxygens (including phenoxy) is 1. The zero-order chi connectivity index (χ0) is 18.3. The first-order valence-corrected chi connectivity index (χ1v) is 8.61. The fourth-order valence-corrected chi connectivity index (χ4v) is 3.24. The number of benzene rings is 2. The molecule has 0 saturated heterocycles. The fourth-order valence-electron chi connectivity index (χ4n) is 3.12. The average molecular weight is 362 g/mol. The molecule has 2 aromatic carbocycles. The maximum Gasteiger partial charge on any atom is 0.144 e. The molecule has 0 atom stereocenters. The number of imidazole rings is 1. The monoisotopic (exact) mass is 361 g/mol. The molecule has 26 heavy (non-hydrogen) atoms. The van der Waals surface area contributed by atoms with E-state index >= 15 is 0 Å². The molecule has 5 heteroatoms. The molecule has 0 unspecified atom stereocenters. The van der Waals surface area contributed by atoms with Gasteiger partial charge < -0.3 is 4.74 Å². The van der Waals surface area contributed by atoms with E-state index in [4.69, 9.17) is 16.3 Å². The highest BCUT2D eigenvalue weighted by Gasteiger charge is 2.28. The van der Waals surface area contributed by atoms with Crippen LogP contribution in [0.25, 0.3) is 17.1 Å². The van der Waals surface area contributed by atoms with Gasteiger partial charge in [-0.15, -0.1) is 0 Å². The van der Waals surface area contributed by atoms with Crippen molar-refractivity contribution in [2.45, 2.75) is 19.4 Å². The summed E-state index contributed by atoms with van der Waals surface area (Å²) in [5, 5.41) is 9.96. The Hall–Kier alpha value is -3.03. The quantitative estimate of drug-likeness (QED) is 0.635. The van der Waals surface area contributed by atoms with E-state index in [9.17, 15) is 5.26 Å². The summed E-state index contributed by atoms with van der Waals surface area (Å²) in [4.78, 5) is 4.53. The molecule has 128 valence electrons. The first-order valence-electron chi connectivity index (χ1n) is 8.23. The SMILES string of the molecule is CC1(C)C=C(n2ccnc2-c2ccc(Cl)cc2)c2cc(C#N)ccc2O1. The second-order valence-electron chi connectivity index (χ2n) is 6.69. The molecule has 0 spiro atoms. The van der Waals surface area contributed by atoms with Crippen molar-refractivity contribution in [1.29, 1.82) is 5.26 Å². The first kappa shape index (κ1) is 16.4. The molecule has 2 heterocycles. The lowest BCUT2D eigenvalue weighted by molar-refractivity contribution is 0.157. The second kappa shape index (κ2) is 6.05. The Morgan fingerprint density at radius 2 is 1.92 bits per heavy atom. The minimum absolute atomic E-state index is 0.474. The molecule has 3 aromatic rings. The first-order chi connectivity index (χ1) is 12.5. The Morgan fingerprint density at radius 1 is 1.15 bits per heavy atom. The van der Waals surface area contributed by atoms with Crippen LogP contribution in [-0.4, -0.2) is 15.2 Å². The van der Waals surface area contributed by atoms with Gasteiger partial charge in [0, 0.05) is 28.5 Å². The molecule has 0 radical (unpaired) electrons. The number of fused-ring (bicyclic) bond motifs is 1. The van der Waals surface area contributed by atoms with Gasteiger partial charge >= 0.3 is 0 Å². The van der Waals surface area contributed by atoms with Gasteiger partial charge in [0.15, 0.2) is 0 Å². The topological polar surface area (TPSA) is 50.8 Å². The van der Waals surface area contributed by atoms with Crippen molar-refractivity contribution in [3.63, 3.8) is 0 Å². The van der Waals surface area contributed by atoms with Gasteiger partial charge in [-0.2, -0.15) is 5.26 Å². The molecule has 0 aliphatic carbocycles. The van der Waals surface area contributed by atoms with Crippen molar-refractivity contribution in [2.24, 2.45) is 0 Å². The third-order valence-electron chi connectivity index (χ3n) is 4.24. The summed E-state index contributed by atoms with van der Waals surface area (Å²) in [5.41, 5.74) is 2.89. The van der Waals surface area contributed by atoms with Gasteiger partial charge in [-0.1, -0.05) is 11.6 Å². The van der Waals surface area contributed by atoms with Crippen molar-refractivity contribution in [3.05, 3.63) is 77.1 Å². The highest BCUT2D eigenvalue weighted by Crippen LogP contribution is 2.39. The van der Waals surface area contributed by atoms with Gasteiger partial charge in [0.25, 0.3) is 0 Å². The molecule has 0 N–H and O–H groups in total. The largest absolute Gasteiger partial charge is 0.483 e. The Balaban J connectivity index is 1.91. The summed E-state index contributed by atoms with van der Waals surface area (Å²) in [5.74, 6) is 1.56. The van der Waals surface area contributed by atoms with E-state index in [1.54, 1.807) is 12.3 Å². The van der Waals surface area contributed by atoms with E-state index in [2.05, 4.69) is 17.1 Å². The molecule has 4 rings (SSSR count). The number of nitriles is 1. The van der Waals surface area contributed by atoms with E-state index in [0.717, 1.165) is 28.4 Å². The molecule has 1 aromatic heterocycles. The van der Waals surface area contributed by atoms with Crippen LogP contribution in [-0.2, 0) is 0 Å². The summed E-state index contributed by atoms with van der Waals surface area (Å²) in [6.07, 6.45) is 5.73. The van der Waals surface area contributed by atoms with Crippen LogP contribution in [0.4, 0.5) is 0 Å². The van der Waals surface area contributed by atoms with Crippen molar-refractivity contribution >= 4 is 17.3 Å². The lowest BCUT2D eigenvalue weighted by atomic mass is 9.97. The molecule has 1 aliphatic rings. The zero-order valence-corrected chi connectivity index (χ0v) is 15.2. The number of halogens is 1. The second-order valence-corrected chi connectivity index (χ2v) is 7.12. The predicted molar refractivity (Wildman–Crippen MR) is 102 cm³/mol. The number of nitrogens with zero attached hydrogens (tertiary/aromatic N) is 3. The smallest absolute Gasteiger partial charge is 0.144 e. The minimum Gasteiger partial charge on any atom is -0.483 e. The zero-order valence-electron chi connectivity index (χ0n) is 14.4. The molecular formula is C21H16ClN3O. The summed E-state index contributed by atoms with van der Waals surface area (Å²) in [6, 6.07) is 15.2. The lowest BCUT2D eigenvalue weighted by Gasteiger charge is -2.31. The summed E-state index contributed by atoms with van der Waals surface area (Å²) in [7, 11) is 0. The van der Waals surface area contributed by atoms with Gasteiger partial charge in [0.1, 0.15) is 17.2 Å². The molecule has 0 saturated carbocycles. The maximum absolute atomic E-state index is 9.28. The highest BCUT2D eigenvalue weighted by molar-refractivity contribution is 6.30. The Bertz CT molecular complexity index is 1060. The lowest BCUT2D eigenvalue weighted by Crippen LogP contribution is -2.30. The van der Waals surface area contributed by atoms with Crippen LogP contribution in [0.1, 0.15) is 25.0 Å². The Morgan fingerprint density at radius 3 is 2.65 bits per heavy atom. The van der Waals surface area contributed by atoms with E-state index in [0.29, 0.717) is 10.6 Å². The third kappa shape index (κ3) is 2.87. The van der Waals surface area contributed by atoms with Crippen molar-refractivity contribution < 1.29 is 4.74 Å². The van der Waals surface area contributed by atoms with Crippen molar-refractivity contribution in [2.75, 3.05) is 0 Å². The normalized spacial score (nSPS) is 14.8. The van der Waals surface area contributed by atoms with Gasteiger partial charge in [-0.05, 0) is 62.4 Å². The van der Waals surface area contributed by atoms with Crippen LogP contribution >= 0.6 is 11.6 Å². The molecule has 0 bridgehead atoms. The highest BCUT2D eigenvalue weighted by atomic mass is 35.5. The van der Waals surface area contributed by atoms with Gasteiger partial charge in [-0.3, -0.25) is 4.57 Å². The summed E-state index contributed by atoms with van der Waals surface area (Å²) < 4.78 is 8.09. The Kier molecular flexibility index (Phi) is 3.82. The van der Waals surface area contributed by atoms with Crippen molar-refractivity contribution in [1.82, 2.24) is 9.55 Å². The van der Waals surface area contributed by atoms with E-state index < -0.39 is 5.60 Å². The van der Waals surface area contributed by atoms with E-state index in [-0.39, 0.29) is 0 Å². The van der Waals surface area contributed by atoms with E-state index in [1.807, 2.05) is 61.0 Å². The predicted octanol–water partition coefficient (Wildman–Crippen LogP) is 5.14. The number of hydrogen-bond acceptors (Lipinski definition) is 3. The van der Waals surface area contributed by atoms with Gasteiger partial charge in [0.2, 0.25) is 0 Å². The van der Waals surface area contributed by atoms with Crippen LogP contribution in [0, 0.1) is 11.3 Å². The fraction of sp³-hybridized carbons (Fsp3) is 0.143. The van der Waals surface area contributed by atoms with Crippen LogP contribution in [0.3, 0.4) is 0 Å². The maximum atomic E-state index is 9.28. The number of aromatic nitrogens is 2. The number of hydrogen-bond donors (Lipinski definition) is 0. The van der Waals surface area contributed by atoms with Gasteiger partial charge in [-0.25, -0.2) is 4.98 Å². The van der Waals surface area contributed by atoms with Crippen LogP contribution < -0.4 is 4.74 Å².